The standard InChI is InChI=1S/C23H17NO3/c1-26-20-9-5-6-16(14-20)15-21-23(25)27-22(24-21)19-12-10-18(11-13-19)17-7-3-2-4-8-17/h2-15H,1H3. The molecule has 1 aliphatic heterocycles. The third kappa shape index (κ3) is 3.65. The predicted octanol–water partition coefficient (Wildman–Crippen LogP) is 4.71. The number of aliphatic imine (C=N–C) groups is 1. The lowest BCUT2D eigenvalue weighted by Gasteiger charge is -2.03. The van der Waals surface area contributed by atoms with Gasteiger partial charge in [0.1, 0.15) is 5.75 Å². The number of hydrogen-bond donors (Lipinski definition) is 0. The number of benzene rings is 3. The molecule has 4 nitrogen and oxygen atoms in total. The SMILES string of the molecule is COc1cccc(C=C2N=C(c3ccc(-c4ccccc4)cc3)OC2=O)c1. The maximum absolute atomic E-state index is 12.2. The first-order valence-electron chi connectivity index (χ1n) is 8.55. The molecular formula is C23H17NO3. The summed E-state index contributed by atoms with van der Waals surface area (Å²) in [6, 6.07) is 25.3. The third-order valence-electron chi connectivity index (χ3n) is 4.26. The third-order valence-corrected chi connectivity index (χ3v) is 4.26. The average Bonchev–Trinajstić information content (AvgIpc) is 3.09. The Hall–Kier alpha value is -3.66. The zero-order valence-electron chi connectivity index (χ0n) is 14.8. The van der Waals surface area contributed by atoms with Crippen LogP contribution in [0.15, 0.2) is 89.6 Å². The quantitative estimate of drug-likeness (QED) is 0.503. The molecule has 0 radical (unpaired) electrons. The number of hydrogen-bond acceptors (Lipinski definition) is 4. The van der Waals surface area contributed by atoms with E-state index in [9.17, 15) is 4.79 Å². The van der Waals surface area contributed by atoms with Gasteiger partial charge < -0.3 is 9.47 Å². The molecule has 3 aromatic carbocycles. The molecule has 132 valence electrons. The van der Waals surface area contributed by atoms with Crippen LogP contribution < -0.4 is 4.74 Å². The average molecular weight is 355 g/mol. The topological polar surface area (TPSA) is 47.9 Å². The summed E-state index contributed by atoms with van der Waals surface area (Å²) in [7, 11) is 1.60. The van der Waals surface area contributed by atoms with E-state index in [-0.39, 0.29) is 5.70 Å². The molecule has 0 aliphatic carbocycles. The summed E-state index contributed by atoms with van der Waals surface area (Å²) in [6.07, 6.45) is 1.69. The van der Waals surface area contributed by atoms with Crippen molar-refractivity contribution < 1.29 is 14.3 Å². The fourth-order valence-electron chi connectivity index (χ4n) is 2.86. The number of ether oxygens (including phenoxy) is 2. The fraction of sp³-hybridized carbons (Fsp3) is 0.0435. The monoisotopic (exact) mass is 355 g/mol. The summed E-state index contributed by atoms with van der Waals surface area (Å²) in [6.45, 7) is 0. The van der Waals surface area contributed by atoms with Gasteiger partial charge in [0.05, 0.1) is 7.11 Å². The molecule has 0 saturated heterocycles. The Kier molecular flexibility index (Phi) is 4.54. The molecule has 1 aliphatic rings. The second kappa shape index (κ2) is 7.30. The fourth-order valence-corrected chi connectivity index (χ4v) is 2.86. The van der Waals surface area contributed by atoms with Crippen LogP contribution in [0.4, 0.5) is 0 Å². The van der Waals surface area contributed by atoms with E-state index in [0.717, 1.165) is 28.0 Å². The summed E-state index contributed by atoms with van der Waals surface area (Å²) in [4.78, 5) is 16.5. The van der Waals surface area contributed by atoms with Crippen LogP contribution >= 0.6 is 0 Å². The number of rotatable bonds is 4. The molecule has 0 unspecified atom stereocenters. The molecule has 0 amide bonds. The van der Waals surface area contributed by atoms with Crippen molar-refractivity contribution in [3.8, 4) is 16.9 Å². The van der Waals surface area contributed by atoms with Crippen molar-refractivity contribution in [3.05, 3.63) is 95.7 Å². The highest BCUT2D eigenvalue weighted by Gasteiger charge is 2.24. The molecule has 4 heteroatoms. The normalized spacial score (nSPS) is 14.8. The van der Waals surface area contributed by atoms with Crippen LogP contribution in [0.1, 0.15) is 11.1 Å². The number of nitrogens with zero attached hydrogens (tertiary/aromatic N) is 1. The van der Waals surface area contributed by atoms with Crippen LogP contribution in [0.3, 0.4) is 0 Å². The summed E-state index contributed by atoms with van der Waals surface area (Å²) in [5, 5.41) is 0. The Morgan fingerprint density at radius 2 is 1.56 bits per heavy atom. The van der Waals surface area contributed by atoms with E-state index in [4.69, 9.17) is 9.47 Å². The zero-order chi connectivity index (χ0) is 18.6. The molecule has 0 atom stereocenters. The number of esters is 1. The van der Waals surface area contributed by atoms with E-state index in [1.165, 1.54) is 0 Å². The Morgan fingerprint density at radius 1 is 0.852 bits per heavy atom. The van der Waals surface area contributed by atoms with Crippen LogP contribution in [-0.2, 0) is 9.53 Å². The predicted molar refractivity (Wildman–Crippen MR) is 105 cm³/mol. The highest BCUT2D eigenvalue weighted by Crippen LogP contribution is 2.23. The minimum absolute atomic E-state index is 0.269. The number of methoxy groups -OCH3 is 1. The van der Waals surface area contributed by atoms with Gasteiger partial charge in [0.2, 0.25) is 5.90 Å². The molecule has 27 heavy (non-hydrogen) atoms. The maximum atomic E-state index is 12.2. The number of carbonyl (C=O) groups excluding carboxylic acids is 1. The van der Waals surface area contributed by atoms with Gasteiger partial charge in [-0.25, -0.2) is 9.79 Å². The van der Waals surface area contributed by atoms with Gasteiger partial charge in [-0.05, 0) is 47.0 Å². The Labute approximate surface area is 157 Å². The first-order valence-corrected chi connectivity index (χ1v) is 8.55. The highest BCUT2D eigenvalue weighted by molar-refractivity contribution is 6.13. The van der Waals surface area contributed by atoms with Crippen molar-refractivity contribution in [2.24, 2.45) is 4.99 Å². The molecule has 1 heterocycles. The van der Waals surface area contributed by atoms with Gasteiger partial charge in [-0.1, -0.05) is 54.6 Å². The van der Waals surface area contributed by atoms with E-state index >= 15 is 0 Å². The summed E-state index contributed by atoms with van der Waals surface area (Å²) >= 11 is 0. The van der Waals surface area contributed by atoms with Crippen molar-refractivity contribution in [2.75, 3.05) is 7.11 Å². The van der Waals surface area contributed by atoms with Crippen molar-refractivity contribution in [3.63, 3.8) is 0 Å². The van der Waals surface area contributed by atoms with Crippen LogP contribution in [0.2, 0.25) is 0 Å². The van der Waals surface area contributed by atoms with Crippen LogP contribution in [0, 0.1) is 0 Å². The first kappa shape index (κ1) is 16.8. The smallest absolute Gasteiger partial charge is 0.363 e. The Balaban J connectivity index is 1.60. The van der Waals surface area contributed by atoms with E-state index in [1.54, 1.807) is 13.2 Å². The van der Waals surface area contributed by atoms with Crippen LogP contribution in [-0.4, -0.2) is 19.0 Å². The largest absolute Gasteiger partial charge is 0.497 e. The molecule has 0 bridgehead atoms. The van der Waals surface area contributed by atoms with Gasteiger partial charge >= 0.3 is 5.97 Å². The van der Waals surface area contributed by atoms with Gasteiger partial charge in [-0.3, -0.25) is 0 Å². The lowest BCUT2D eigenvalue weighted by Crippen LogP contribution is -2.05. The van der Waals surface area contributed by atoms with Gasteiger partial charge in [-0.15, -0.1) is 0 Å². The van der Waals surface area contributed by atoms with E-state index in [0.29, 0.717) is 5.90 Å². The van der Waals surface area contributed by atoms with Crippen molar-refractivity contribution in [1.82, 2.24) is 0 Å². The van der Waals surface area contributed by atoms with Gasteiger partial charge in [-0.2, -0.15) is 0 Å². The van der Waals surface area contributed by atoms with Gasteiger partial charge in [0.25, 0.3) is 0 Å². The van der Waals surface area contributed by atoms with Crippen LogP contribution in [0.25, 0.3) is 17.2 Å². The lowest BCUT2D eigenvalue weighted by molar-refractivity contribution is -0.129. The molecule has 0 fully saturated rings. The molecule has 3 aromatic rings. The summed E-state index contributed by atoms with van der Waals surface area (Å²) in [5.74, 6) is 0.574. The first-order chi connectivity index (χ1) is 13.2. The van der Waals surface area contributed by atoms with Gasteiger partial charge in [0.15, 0.2) is 5.70 Å². The van der Waals surface area contributed by atoms with Crippen LogP contribution in [0.5, 0.6) is 5.75 Å². The molecule has 4 rings (SSSR count). The minimum atomic E-state index is -0.458. The van der Waals surface area contributed by atoms with Gasteiger partial charge in [0, 0.05) is 5.56 Å². The Morgan fingerprint density at radius 3 is 2.30 bits per heavy atom. The number of cyclic esters (lactones) is 1. The molecule has 0 N–H and O–H groups in total. The molecule has 0 aromatic heterocycles. The van der Waals surface area contributed by atoms with Crippen molar-refractivity contribution in [2.45, 2.75) is 0 Å². The molecule has 0 saturated carbocycles. The second-order valence-corrected chi connectivity index (χ2v) is 6.06. The Bertz CT molecular complexity index is 1030. The van der Waals surface area contributed by atoms with E-state index < -0.39 is 5.97 Å². The highest BCUT2D eigenvalue weighted by atomic mass is 16.6. The van der Waals surface area contributed by atoms with Crippen molar-refractivity contribution in [1.29, 1.82) is 0 Å². The van der Waals surface area contributed by atoms with E-state index in [2.05, 4.69) is 17.1 Å². The van der Waals surface area contributed by atoms with Crippen molar-refractivity contribution >= 4 is 17.9 Å². The lowest BCUT2D eigenvalue weighted by atomic mass is 10.0. The van der Waals surface area contributed by atoms with E-state index in [1.807, 2.05) is 66.7 Å². The second-order valence-electron chi connectivity index (χ2n) is 6.06. The maximum Gasteiger partial charge on any atom is 0.363 e. The molecule has 0 spiro atoms. The minimum Gasteiger partial charge on any atom is -0.497 e. The summed E-state index contributed by atoms with van der Waals surface area (Å²) in [5.41, 5.74) is 4.08. The summed E-state index contributed by atoms with van der Waals surface area (Å²) < 4.78 is 10.5. The zero-order valence-corrected chi connectivity index (χ0v) is 14.8. The number of carbonyl (C=O) groups is 1. The molecular weight excluding hydrogens is 338 g/mol.